The molecule has 3 aromatic heterocycles. The van der Waals surface area contributed by atoms with E-state index in [0.29, 0.717) is 48.3 Å². The van der Waals surface area contributed by atoms with Crippen LogP contribution in [-0.2, 0) is 11.3 Å². The maximum Gasteiger partial charge on any atom is 0.217 e. The molecule has 0 amide bonds. The van der Waals surface area contributed by atoms with Crippen LogP contribution >= 0.6 is 0 Å². The standard InChI is InChI=1S/C26H29N7O4/c1-4-33-18-14-20(36-23(16-8-6-5-7-9-16)19-15-28-12-13-35-19)29-17(10-11-26(2,3)34)21(18)30-25(33)22-24(27)32-37-31-22/h5-9,14,19,23,28,34H,4,12-13,15H2,1-3H3,(H2,27,32). The number of morpholine rings is 1. The number of aryl methyl sites for hydroxylation is 1. The molecule has 11 nitrogen and oxygen atoms in total. The molecule has 0 saturated carbocycles. The number of rotatable bonds is 6. The van der Waals surface area contributed by atoms with Crippen LogP contribution in [0.15, 0.2) is 41.0 Å². The Morgan fingerprint density at radius 3 is 2.73 bits per heavy atom. The number of hydrogen-bond acceptors (Lipinski definition) is 10. The first-order valence-corrected chi connectivity index (χ1v) is 12.1. The number of aromatic nitrogens is 5. The molecule has 2 atom stereocenters. The molecule has 0 radical (unpaired) electrons. The molecular formula is C26H29N7O4. The zero-order valence-electron chi connectivity index (χ0n) is 20.9. The summed E-state index contributed by atoms with van der Waals surface area (Å²) in [4.78, 5) is 9.45. The van der Waals surface area contributed by atoms with Crippen molar-refractivity contribution < 1.29 is 19.2 Å². The van der Waals surface area contributed by atoms with E-state index >= 15 is 0 Å². The van der Waals surface area contributed by atoms with Gasteiger partial charge in [-0.25, -0.2) is 14.6 Å². The molecule has 1 aromatic carbocycles. The molecule has 1 aliphatic heterocycles. The van der Waals surface area contributed by atoms with E-state index in [1.165, 1.54) is 0 Å². The number of fused-ring (bicyclic) bond motifs is 1. The number of nitrogens with two attached hydrogens (primary N) is 1. The second-order valence-electron chi connectivity index (χ2n) is 9.23. The molecule has 1 fully saturated rings. The number of benzene rings is 1. The molecule has 1 aliphatic rings. The van der Waals surface area contributed by atoms with Crippen LogP contribution in [0.4, 0.5) is 5.82 Å². The Kier molecular flexibility index (Phi) is 6.80. The van der Waals surface area contributed by atoms with Crippen LogP contribution in [0.5, 0.6) is 5.88 Å². The first-order chi connectivity index (χ1) is 17.8. The summed E-state index contributed by atoms with van der Waals surface area (Å²) in [5, 5.41) is 21.2. The Morgan fingerprint density at radius 2 is 2.08 bits per heavy atom. The lowest BCUT2D eigenvalue weighted by molar-refractivity contribution is -0.0445. The Labute approximate surface area is 214 Å². The summed E-state index contributed by atoms with van der Waals surface area (Å²) in [5.74, 6) is 6.77. The molecule has 11 heteroatoms. The second-order valence-corrected chi connectivity index (χ2v) is 9.23. The smallest absolute Gasteiger partial charge is 0.217 e. The maximum absolute atomic E-state index is 10.2. The summed E-state index contributed by atoms with van der Waals surface area (Å²) in [6, 6.07) is 11.7. The van der Waals surface area contributed by atoms with Crippen molar-refractivity contribution in [1.82, 2.24) is 30.2 Å². The highest BCUT2D eigenvalue weighted by molar-refractivity contribution is 5.86. The third-order valence-corrected chi connectivity index (χ3v) is 5.91. The van der Waals surface area contributed by atoms with Crippen molar-refractivity contribution in [2.75, 3.05) is 25.4 Å². The normalized spacial score (nSPS) is 16.8. The number of hydrogen-bond donors (Lipinski definition) is 3. The van der Waals surface area contributed by atoms with Gasteiger partial charge in [0.25, 0.3) is 0 Å². The van der Waals surface area contributed by atoms with Gasteiger partial charge in [-0.3, -0.25) is 0 Å². The fraction of sp³-hybridized carbons (Fsp3) is 0.385. The quantitative estimate of drug-likeness (QED) is 0.335. The van der Waals surface area contributed by atoms with Crippen molar-refractivity contribution >= 4 is 16.9 Å². The minimum atomic E-state index is -1.23. The molecule has 4 heterocycles. The van der Waals surface area contributed by atoms with Gasteiger partial charge < -0.3 is 30.2 Å². The summed E-state index contributed by atoms with van der Waals surface area (Å²) >= 11 is 0. The summed E-state index contributed by atoms with van der Waals surface area (Å²) < 4.78 is 19.3. The minimum Gasteiger partial charge on any atom is -0.467 e. The highest BCUT2D eigenvalue weighted by atomic mass is 16.6. The fourth-order valence-corrected chi connectivity index (χ4v) is 4.22. The van der Waals surface area contributed by atoms with E-state index in [9.17, 15) is 5.11 Å². The summed E-state index contributed by atoms with van der Waals surface area (Å²) in [6.07, 6.45) is -0.630. The van der Waals surface area contributed by atoms with Crippen LogP contribution in [0.3, 0.4) is 0 Å². The molecule has 2 unspecified atom stereocenters. The van der Waals surface area contributed by atoms with Gasteiger partial charge in [0, 0.05) is 25.7 Å². The Hall–Kier alpha value is -3.98. The highest BCUT2D eigenvalue weighted by Crippen LogP contribution is 2.32. The first-order valence-electron chi connectivity index (χ1n) is 12.1. The lowest BCUT2D eigenvalue weighted by Crippen LogP contribution is -2.43. The van der Waals surface area contributed by atoms with E-state index in [2.05, 4.69) is 27.5 Å². The van der Waals surface area contributed by atoms with Gasteiger partial charge in [-0.15, -0.1) is 0 Å². The topological polar surface area (TPSA) is 146 Å². The van der Waals surface area contributed by atoms with E-state index in [4.69, 9.17) is 29.8 Å². The Bertz CT molecular complexity index is 1440. The molecule has 192 valence electrons. The van der Waals surface area contributed by atoms with Crippen LogP contribution in [0.2, 0.25) is 0 Å². The fourth-order valence-electron chi connectivity index (χ4n) is 4.22. The molecule has 4 aromatic rings. The second kappa shape index (κ2) is 10.2. The average Bonchev–Trinajstić information content (AvgIpc) is 3.49. The molecule has 0 bridgehead atoms. The molecule has 4 N–H and O–H groups in total. The van der Waals surface area contributed by atoms with E-state index in [1.54, 1.807) is 13.8 Å². The zero-order valence-corrected chi connectivity index (χ0v) is 20.9. The zero-order chi connectivity index (χ0) is 26.0. The number of aliphatic hydroxyl groups is 1. The van der Waals surface area contributed by atoms with E-state index in [1.807, 2.05) is 47.9 Å². The van der Waals surface area contributed by atoms with Crippen LogP contribution < -0.4 is 15.8 Å². The number of pyridine rings is 1. The van der Waals surface area contributed by atoms with Gasteiger partial charge in [-0.2, -0.15) is 0 Å². The predicted octanol–water partition coefficient (Wildman–Crippen LogP) is 2.31. The van der Waals surface area contributed by atoms with Crippen LogP contribution in [0, 0.1) is 11.8 Å². The van der Waals surface area contributed by atoms with Crippen molar-refractivity contribution in [1.29, 1.82) is 0 Å². The van der Waals surface area contributed by atoms with Crippen molar-refractivity contribution in [2.45, 2.75) is 45.1 Å². The summed E-state index contributed by atoms with van der Waals surface area (Å²) in [5.41, 5.74) is 7.64. The van der Waals surface area contributed by atoms with Gasteiger partial charge in [0.2, 0.25) is 5.88 Å². The van der Waals surface area contributed by atoms with Crippen LogP contribution in [0.25, 0.3) is 22.6 Å². The average molecular weight is 504 g/mol. The molecule has 1 saturated heterocycles. The Balaban J connectivity index is 1.66. The van der Waals surface area contributed by atoms with E-state index < -0.39 is 11.7 Å². The lowest BCUT2D eigenvalue weighted by atomic mass is 10.0. The third-order valence-electron chi connectivity index (χ3n) is 5.91. The van der Waals surface area contributed by atoms with Gasteiger partial charge in [0.1, 0.15) is 22.9 Å². The number of imidazole rings is 1. The number of ether oxygens (including phenoxy) is 2. The molecule has 0 spiro atoms. The first kappa shape index (κ1) is 24.7. The van der Waals surface area contributed by atoms with Crippen molar-refractivity contribution in [3.8, 4) is 29.2 Å². The van der Waals surface area contributed by atoms with Crippen molar-refractivity contribution in [3.05, 3.63) is 47.7 Å². The molecule has 5 rings (SSSR count). The van der Waals surface area contributed by atoms with Crippen molar-refractivity contribution in [2.24, 2.45) is 0 Å². The largest absolute Gasteiger partial charge is 0.467 e. The molecule has 37 heavy (non-hydrogen) atoms. The number of nitrogens with zero attached hydrogens (tertiary/aromatic N) is 5. The molecule has 0 aliphatic carbocycles. The highest BCUT2D eigenvalue weighted by Gasteiger charge is 2.29. The van der Waals surface area contributed by atoms with Gasteiger partial charge >= 0.3 is 0 Å². The van der Waals surface area contributed by atoms with Crippen LogP contribution in [-0.4, -0.2) is 61.4 Å². The van der Waals surface area contributed by atoms with Gasteiger partial charge in [0.15, 0.2) is 23.4 Å². The maximum atomic E-state index is 10.2. The number of anilines is 1. The summed E-state index contributed by atoms with van der Waals surface area (Å²) in [7, 11) is 0. The van der Waals surface area contributed by atoms with Gasteiger partial charge in [-0.1, -0.05) is 36.3 Å². The lowest BCUT2D eigenvalue weighted by Gasteiger charge is -2.31. The van der Waals surface area contributed by atoms with Crippen molar-refractivity contribution in [3.63, 3.8) is 0 Å². The Morgan fingerprint density at radius 1 is 1.27 bits per heavy atom. The molecular weight excluding hydrogens is 474 g/mol. The predicted molar refractivity (Wildman–Crippen MR) is 137 cm³/mol. The van der Waals surface area contributed by atoms with E-state index in [0.717, 1.165) is 17.6 Å². The number of nitrogens with one attached hydrogen (secondary N) is 1. The monoisotopic (exact) mass is 503 g/mol. The van der Waals surface area contributed by atoms with Gasteiger partial charge in [-0.05, 0) is 42.6 Å². The SMILES string of the molecule is CCn1c(-c2nonc2N)nc2c(C#CC(C)(C)O)nc(OC(c3ccccc3)C3CNCCO3)cc21. The number of nitrogen functional groups attached to an aromatic ring is 1. The minimum absolute atomic E-state index is 0.129. The van der Waals surface area contributed by atoms with Gasteiger partial charge in [0.05, 0.1) is 12.1 Å². The van der Waals surface area contributed by atoms with E-state index in [-0.39, 0.29) is 11.9 Å². The third kappa shape index (κ3) is 5.27. The summed E-state index contributed by atoms with van der Waals surface area (Å²) in [6.45, 7) is 7.76. The van der Waals surface area contributed by atoms with Crippen LogP contribution in [0.1, 0.15) is 38.1 Å².